The number of allylic oxidation sites excluding steroid dienone is 1. The zero-order valence-corrected chi connectivity index (χ0v) is 14.3. The third kappa shape index (κ3) is 5.08. The van der Waals surface area contributed by atoms with E-state index in [1.807, 2.05) is 12.1 Å². The minimum absolute atomic E-state index is 0.280. The number of hydrogen-bond acceptors (Lipinski definition) is 3. The summed E-state index contributed by atoms with van der Waals surface area (Å²) in [4.78, 5) is 0. The zero-order chi connectivity index (χ0) is 15.1. The average Bonchev–Trinajstić information content (AvgIpc) is 2.53. The van der Waals surface area contributed by atoms with Crippen LogP contribution in [0.1, 0.15) is 38.7 Å². The van der Waals surface area contributed by atoms with E-state index >= 15 is 0 Å². The maximum absolute atomic E-state index is 5.22. The molecule has 0 saturated carbocycles. The number of ether oxygens (including phenoxy) is 1. The molecule has 0 aromatic heterocycles. The third-order valence-electron chi connectivity index (χ3n) is 4.18. The van der Waals surface area contributed by atoms with Crippen molar-refractivity contribution < 1.29 is 4.74 Å². The molecule has 2 nitrogen and oxygen atoms in total. The van der Waals surface area contributed by atoms with E-state index in [2.05, 4.69) is 49.1 Å². The molecule has 2 rings (SSSR count). The lowest BCUT2D eigenvalue weighted by Crippen LogP contribution is -2.47. The molecule has 1 aliphatic heterocycles. The minimum Gasteiger partial charge on any atom is -0.497 e. The molecule has 1 aromatic carbocycles. The van der Waals surface area contributed by atoms with Crippen LogP contribution in [0, 0.1) is 0 Å². The molecule has 1 fully saturated rings. The Labute approximate surface area is 133 Å². The van der Waals surface area contributed by atoms with Crippen molar-refractivity contribution in [3.8, 4) is 5.75 Å². The molecule has 1 heterocycles. The van der Waals surface area contributed by atoms with E-state index in [9.17, 15) is 0 Å². The normalized spacial score (nSPS) is 17.3. The zero-order valence-electron chi connectivity index (χ0n) is 13.4. The van der Waals surface area contributed by atoms with Crippen molar-refractivity contribution in [3.63, 3.8) is 0 Å². The Kier molecular flexibility index (Phi) is 6.19. The lowest BCUT2D eigenvalue weighted by molar-refractivity contribution is 0.299. The van der Waals surface area contributed by atoms with Gasteiger partial charge in [-0.05, 0) is 62.3 Å². The van der Waals surface area contributed by atoms with Gasteiger partial charge in [-0.25, -0.2) is 0 Å². The van der Waals surface area contributed by atoms with Crippen LogP contribution in [0.15, 0.2) is 35.9 Å². The maximum atomic E-state index is 5.22. The summed E-state index contributed by atoms with van der Waals surface area (Å²) < 4.78 is 5.22. The Morgan fingerprint density at radius 2 is 1.90 bits per heavy atom. The van der Waals surface area contributed by atoms with Crippen LogP contribution >= 0.6 is 11.8 Å². The highest BCUT2D eigenvalue weighted by Gasteiger charge is 2.30. The van der Waals surface area contributed by atoms with Gasteiger partial charge in [0.2, 0.25) is 0 Å². The number of benzene rings is 1. The molecule has 0 unspecified atom stereocenters. The van der Waals surface area contributed by atoms with Crippen LogP contribution in [-0.2, 0) is 6.54 Å². The quantitative estimate of drug-likeness (QED) is 0.787. The van der Waals surface area contributed by atoms with Crippen molar-refractivity contribution in [1.82, 2.24) is 5.32 Å². The first-order valence-electron chi connectivity index (χ1n) is 7.73. The molecule has 0 atom stereocenters. The molecular weight excluding hydrogens is 278 g/mol. The Hall–Kier alpha value is -0.930. The average molecular weight is 305 g/mol. The minimum atomic E-state index is 0.280. The predicted octanol–water partition coefficient (Wildman–Crippen LogP) is 4.41. The fourth-order valence-electron chi connectivity index (χ4n) is 2.65. The summed E-state index contributed by atoms with van der Waals surface area (Å²) in [7, 11) is 1.71. The van der Waals surface area contributed by atoms with E-state index < -0.39 is 0 Å². The Balaban J connectivity index is 1.99. The number of thioether (sulfide) groups is 1. The molecule has 0 aliphatic carbocycles. The van der Waals surface area contributed by atoms with Gasteiger partial charge >= 0.3 is 0 Å². The lowest BCUT2D eigenvalue weighted by atomic mass is 9.87. The van der Waals surface area contributed by atoms with Gasteiger partial charge in [-0.2, -0.15) is 11.8 Å². The number of hydrogen-bond donors (Lipinski definition) is 1. The van der Waals surface area contributed by atoms with Crippen LogP contribution < -0.4 is 10.1 Å². The Morgan fingerprint density at radius 1 is 1.24 bits per heavy atom. The summed E-state index contributed by atoms with van der Waals surface area (Å²) in [6, 6.07) is 8.38. The highest BCUT2D eigenvalue weighted by Crippen LogP contribution is 2.31. The molecule has 0 bridgehead atoms. The summed E-state index contributed by atoms with van der Waals surface area (Å²) in [6.07, 6.45) is 6.05. The molecule has 1 saturated heterocycles. The van der Waals surface area contributed by atoms with Gasteiger partial charge in [0.1, 0.15) is 5.75 Å². The van der Waals surface area contributed by atoms with E-state index in [-0.39, 0.29) is 5.54 Å². The Morgan fingerprint density at radius 3 is 2.48 bits per heavy atom. The molecule has 21 heavy (non-hydrogen) atoms. The highest BCUT2D eigenvalue weighted by atomic mass is 32.2. The molecule has 0 amide bonds. The molecule has 1 aromatic rings. The van der Waals surface area contributed by atoms with Crippen molar-refractivity contribution >= 4 is 11.8 Å². The molecule has 3 heteroatoms. The summed E-state index contributed by atoms with van der Waals surface area (Å²) in [5.41, 5.74) is 3.02. The fourth-order valence-corrected chi connectivity index (χ4v) is 3.92. The standard InChI is InChI=1S/C18H27NOS/c1-15(2)8-9-18(10-12-21-13-11-18)19-14-16-4-6-17(20-3)7-5-16/h4-8,19H,9-14H2,1-3H3. The van der Waals surface area contributed by atoms with E-state index in [4.69, 9.17) is 4.74 Å². The Bertz CT molecular complexity index is 457. The highest BCUT2D eigenvalue weighted by molar-refractivity contribution is 7.99. The van der Waals surface area contributed by atoms with E-state index in [0.717, 1.165) is 18.7 Å². The van der Waals surface area contributed by atoms with Crippen molar-refractivity contribution in [3.05, 3.63) is 41.5 Å². The van der Waals surface area contributed by atoms with Crippen LogP contribution in [-0.4, -0.2) is 24.2 Å². The maximum Gasteiger partial charge on any atom is 0.118 e. The van der Waals surface area contributed by atoms with E-state index in [0.29, 0.717) is 0 Å². The summed E-state index contributed by atoms with van der Waals surface area (Å²) in [5.74, 6) is 3.46. The van der Waals surface area contributed by atoms with Crippen LogP contribution in [0.5, 0.6) is 5.75 Å². The number of nitrogens with one attached hydrogen (secondary N) is 1. The van der Waals surface area contributed by atoms with Gasteiger partial charge in [-0.1, -0.05) is 23.8 Å². The van der Waals surface area contributed by atoms with Crippen LogP contribution in [0.4, 0.5) is 0 Å². The van der Waals surface area contributed by atoms with Crippen molar-refractivity contribution in [2.75, 3.05) is 18.6 Å². The second-order valence-corrected chi connectivity index (χ2v) is 7.30. The smallest absolute Gasteiger partial charge is 0.118 e. The van der Waals surface area contributed by atoms with Crippen molar-refractivity contribution in [2.45, 2.75) is 45.2 Å². The largest absolute Gasteiger partial charge is 0.497 e. The summed E-state index contributed by atoms with van der Waals surface area (Å²) in [6.45, 7) is 5.31. The predicted molar refractivity (Wildman–Crippen MR) is 93.2 cm³/mol. The fraction of sp³-hybridized carbons (Fsp3) is 0.556. The summed E-state index contributed by atoms with van der Waals surface area (Å²) in [5, 5.41) is 3.85. The van der Waals surface area contributed by atoms with Gasteiger partial charge in [-0.3, -0.25) is 0 Å². The number of rotatable bonds is 6. The second-order valence-electron chi connectivity index (χ2n) is 6.08. The SMILES string of the molecule is COc1ccc(CNC2(CC=C(C)C)CCSCC2)cc1. The van der Waals surface area contributed by atoms with Gasteiger partial charge in [0.05, 0.1) is 7.11 Å². The molecule has 0 radical (unpaired) electrons. The first-order valence-corrected chi connectivity index (χ1v) is 8.88. The van der Waals surface area contributed by atoms with Gasteiger partial charge in [0.25, 0.3) is 0 Å². The van der Waals surface area contributed by atoms with Crippen LogP contribution in [0.2, 0.25) is 0 Å². The van der Waals surface area contributed by atoms with Gasteiger partial charge in [0.15, 0.2) is 0 Å². The third-order valence-corrected chi connectivity index (χ3v) is 5.16. The van der Waals surface area contributed by atoms with Gasteiger partial charge < -0.3 is 10.1 Å². The molecular formula is C18H27NOS. The molecule has 1 aliphatic rings. The van der Waals surface area contributed by atoms with Crippen LogP contribution in [0.3, 0.4) is 0 Å². The van der Waals surface area contributed by atoms with Crippen LogP contribution in [0.25, 0.3) is 0 Å². The van der Waals surface area contributed by atoms with Crippen molar-refractivity contribution in [1.29, 1.82) is 0 Å². The first-order chi connectivity index (χ1) is 10.1. The van der Waals surface area contributed by atoms with E-state index in [1.165, 1.54) is 35.5 Å². The molecule has 1 N–H and O–H groups in total. The second kappa shape index (κ2) is 7.90. The monoisotopic (exact) mass is 305 g/mol. The first kappa shape index (κ1) is 16.4. The van der Waals surface area contributed by atoms with Gasteiger partial charge in [-0.15, -0.1) is 0 Å². The molecule has 0 spiro atoms. The van der Waals surface area contributed by atoms with Crippen molar-refractivity contribution in [2.24, 2.45) is 0 Å². The lowest BCUT2D eigenvalue weighted by Gasteiger charge is -2.38. The van der Waals surface area contributed by atoms with E-state index in [1.54, 1.807) is 7.11 Å². The summed E-state index contributed by atoms with van der Waals surface area (Å²) >= 11 is 2.08. The molecule has 116 valence electrons. The topological polar surface area (TPSA) is 21.3 Å². The number of methoxy groups -OCH3 is 1. The van der Waals surface area contributed by atoms with Gasteiger partial charge in [0, 0.05) is 12.1 Å².